The summed E-state index contributed by atoms with van der Waals surface area (Å²) in [5.41, 5.74) is 8.43. The Hall–Kier alpha value is -4.36. The minimum atomic E-state index is 0.823. The summed E-state index contributed by atoms with van der Waals surface area (Å²) in [6, 6.07) is 30.7. The van der Waals surface area contributed by atoms with Crippen LogP contribution >= 0.6 is 22.7 Å². The van der Waals surface area contributed by atoms with Crippen molar-refractivity contribution in [3.63, 3.8) is 0 Å². The van der Waals surface area contributed by atoms with E-state index in [1.807, 2.05) is 42.6 Å². The highest BCUT2D eigenvalue weighted by Gasteiger charge is 2.14. The van der Waals surface area contributed by atoms with Crippen LogP contribution in [0.4, 0.5) is 5.69 Å². The van der Waals surface area contributed by atoms with Crippen LogP contribution in [0.15, 0.2) is 115 Å². The summed E-state index contributed by atoms with van der Waals surface area (Å²) in [6.45, 7) is 14.6. The molecule has 0 saturated heterocycles. The fourth-order valence-electron chi connectivity index (χ4n) is 5.70. The number of benzene rings is 4. The van der Waals surface area contributed by atoms with Gasteiger partial charge in [0.25, 0.3) is 0 Å². The highest BCUT2D eigenvalue weighted by atomic mass is 32.1. The fraction of sp³-hybridized carbons (Fsp3) is 0.190. The molecule has 0 atom stereocenters. The van der Waals surface area contributed by atoms with E-state index >= 15 is 0 Å². The predicted octanol–water partition coefficient (Wildman–Crippen LogP) is 13.1. The Morgan fingerprint density at radius 2 is 1.51 bits per heavy atom. The number of hydrogen-bond donors (Lipinski definition) is 1. The zero-order chi connectivity index (χ0) is 31.8. The molecule has 0 aliphatic heterocycles. The molecular weight excluding hydrogens is 583 g/mol. The van der Waals surface area contributed by atoms with Crippen LogP contribution in [-0.4, -0.2) is 0 Å². The van der Waals surface area contributed by atoms with Gasteiger partial charge in [0.15, 0.2) is 0 Å². The van der Waals surface area contributed by atoms with Gasteiger partial charge in [0.1, 0.15) is 0 Å². The summed E-state index contributed by atoms with van der Waals surface area (Å²) >= 11 is 3.75. The first-order valence-electron chi connectivity index (χ1n) is 15.9. The number of hydrogen-bond acceptors (Lipinski definition) is 3. The van der Waals surface area contributed by atoms with Gasteiger partial charge in [-0.1, -0.05) is 119 Å². The van der Waals surface area contributed by atoms with Crippen LogP contribution in [0.2, 0.25) is 0 Å². The molecule has 2 aromatic heterocycles. The highest BCUT2D eigenvalue weighted by Crippen LogP contribution is 2.40. The highest BCUT2D eigenvalue weighted by molar-refractivity contribution is 7.26. The Morgan fingerprint density at radius 3 is 2.27 bits per heavy atom. The molecule has 0 fully saturated rings. The van der Waals surface area contributed by atoms with Crippen LogP contribution in [0.1, 0.15) is 57.0 Å². The largest absolute Gasteiger partial charge is 0.359 e. The quantitative estimate of drug-likeness (QED) is 0.131. The van der Waals surface area contributed by atoms with Gasteiger partial charge in [-0.15, -0.1) is 28.6 Å². The lowest BCUT2D eigenvalue weighted by atomic mass is 10.00. The van der Waals surface area contributed by atoms with E-state index in [4.69, 9.17) is 0 Å². The molecule has 0 unspecified atom stereocenters. The van der Waals surface area contributed by atoms with Gasteiger partial charge in [0, 0.05) is 54.0 Å². The van der Waals surface area contributed by atoms with Crippen molar-refractivity contribution >= 4 is 64.2 Å². The monoisotopic (exact) mass is 623 g/mol. The van der Waals surface area contributed by atoms with Crippen molar-refractivity contribution in [2.24, 2.45) is 0 Å². The van der Waals surface area contributed by atoms with Crippen LogP contribution in [0.25, 0.3) is 47.0 Å². The van der Waals surface area contributed by atoms with Gasteiger partial charge >= 0.3 is 0 Å². The van der Waals surface area contributed by atoms with Gasteiger partial charge in [-0.3, -0.25) is 0 Å². The van der Waals surface area contributed by atoms with Crippen molar-refractivity contribution in [1.29, 1.82) is 0 Å². The third kappa shape index (κ3) is 6.84. The molecule has 0 radical (unpaired) electrons. The van der Waals surface area contributed by atoms with Gasteiger partial charge in [-0.2, -0.15) is 0 Å². The predicted molar refractivity (Wildman–Crippen MR) is 205 cm³/mol. The average Bonchev–Trinajstić information content (AvgIpc) is 3.65. The van der Waals surface area contributed by atoms with Crippen molar-refractivity contribution in [3.8, 4) is 23.0 Å². The second-order valence-electron chi connectivity index (χ2n) is 10.6. The fourth-order valence-corrected chi connectivity index (χ4v) is 8.31. The standard InChI is InChI=1S/C40H35NS2.C2H6/c1-5-8-9-19-37-31(7-3)35-17-12-15-32(39(35)42-37)28(6-2)22-21-27(4)41-30-25-23-29(24-26-30)33-16-13-18-36-34-14-10-11-20-38(34)43-40(33)36;1-2/h6,10-18,20-26,41H,2,5,7,19H2,1,3-4H3;1-2H3/b27-21+,28-22+;. The maximum Gasteiger partial charge on any atom is 0.0437 e. The van der Waals surface area contributed by atoms with E-state index in [9.17, 15) is 0 Å². The molecule has 1 nitrogen and oxygen atoms in total. The van der Waals surface area contributed by atoms with Gasteiger partial charge in [-0.05, 0) is 70.8 Å². The van der Waals surface area contributed by atoms with Crippen LogP contribution in [0, 0.1) is 11.8 Å². The minimum Gasteiger partial charge on any atom is -0.359 e. The lowest BCUT2D eigenvalue weighted by molar-refractivity contribution is 1.13. The number of rotatable bonds is 8. The topological polar surface area (TPSA) is 12.0 Å². The van der Waals surface area contributed by atoms with Gasteiger partial charge in [0.2, 0.25) is 0 Å². The molecule has 45 heavy (non-hydrogen) atoms. The Morgan fingerprint density at radius 1 is 0.778 bits per heavy atom. The van der Waals surface area contributed by atoms with E-state index in [1.165, 1.54) is 57.4 Å². The van der Waals surface area contributed by atoms with Gasteiger partial charge in [0.05, 0.1) is 0 Å². The van der Waals surface area contributed by atoms with Crippen LogP contribution < -0.4 is 5.32 Å². The lowest BCUT2D eigenvalue weighted by Gasteiger charge is -2.09. The number of aryl methyl sites for hydroxylation is 1. The maximum atomic E-state index is 4.16. The van der Waals surface area contributed by atoms with Crippen molar-refractivity contribution < 1.29 is 0 Å². The van der Waals surface area contributed by atoms with Gasteiger partial charge < -0.3 is 5.32 Å². The van der Waals surface area contributed by atoms with Crippen molar-refractivity contribution in [3.05, 3.63) is 131 Å². The summed E-state index contributed by atoms with van der Waals surface area (Å²) in [7, 11) is 0. The molecule has 4 aromatic carbocycles. The Labute approximate surface area is 276 Å². The normalized spacial score (nSPS) is 11.7. The number of nitrogens with one attached hydrogen (secondary N) is 1. The lowest BCUT2D eigenvalue weighted by Crippen LogP contribution is -1.95. The Kier molecular flexibility index (Phi) is 10.7. The summed E-state index contributed by atoms with van der Waals surface area (Å²) in [5, 5.41) is 7.57. The van der Waals surface area contributed by atoms with Crippen LogP contribution in [0.5, 0.6) is 0 Å². The number of fused-ring (bicyclic) bond motifs is 4. The van der Waals surface area contributed by atoms with Crippen molar-refractivity contribution in [2.75, 3.05) is 5.32 Å². The first-order valence-corrected chi connectivity index (χ1v) is 17.5. The molecule has 2 heterocycles. The average molecular weight is 624 g/mol. The minimum absolute atomic E-state index is 0.823. The smallest absolute Gasteiger partial charge is 0.0437 e. The van der Waals surface area contributed by atoms with E-state index in [0.29, 0.717) is 0 Å². The van der Waals surface area contributed by atoms with Crippen molar-refractivity contribution in [1.82, 2.24) is 0 Å². The van der Waals surface area contributed by atoms with E-state index < -0.39 is 0 Å². The van der Waals surface area contributed by atoms with E-state index in [0.717, 1.165) is 36.2 Å². The van der Waals surface area contributed by atoms with E-state index in [2.05, 4.69) is 142 Å². The van der Waals surface area contributed by atoms with Gasteiger partial charge in [-0.25, -0.2) is 0 Å². The third-order valence-corrected chi connectivity index (χ3v) is 10.3. The zero-order valence-corrected chi connectivity index (χ0v) is 28.6. The maximum absolute atomic E-state index is 4.16. The molecule has 6 rings (SSSR count). The molecule has 226 valence electrons. The Balaban J connectivity index is 0.00000196. The van der Waals surface area contributed by atoms with Crippen LogP contribution in [0.3, 0.4) is 0 Å². The second-order valence-corrected chi connectivity index (χ2v) is 12.7. The molecule has 3 heteroatoms. The Bertz CT molecular complexity index is 2070. The summed E-state index contributed by atoms with van der Waals surface area (Å²) in [4.78, 5) is 1.38. The first kappa shape index (κ1) is 32.0. The molecule has 0 saturated carbocycles. The third-order valence-electron chi connectivity index (χ3n) is 7.79. The molecule has 0 aliphatic rings. The van der Waals surface area contributed by atoms with E-state index in [-0.39, 0.29) is 0 Å². The molecular formula is C42H41NS2. The molecule has 0 spiro atoms. The molecule has 0 aliphatic carbocycles. The summed E-state index contributed by atoms with van der Waals surface area (Å²) < 4.78 is 4.00. The molecule has 1 N–H and O–H groups in total. The molecule has 0 bridgehead atoms. The number of allylic oxidation sites excluding steroid dienone is 5. The molecule has 6 aromatic rings. The van der Waals surface area contributed by atoms with Crippen LogP contribution in [-0.2, 0) is 12.8 Å². The first-order chi connectivity index (χ1) is 22.1. The second kappa shape index (κ2) is 15.1. The zero-order valence-electron chi connectivity index (χ0n) is 27.0. The molecule has 0 amide bonds. The van der Waals surface area contributed by atoms with Crippen molar-refractivity contribution in [2.45, 2.75) is 53.9 Å². The SMILES string of the molecule is C=C/C(=C\C=C(/C)Nc1ccc(-c2cccc3c2sc2ccccc23)cc1)c1cccc2c(CC)c(CC#CCC)sc12.CC. The van der Waals surface area contributed by atoms with E-state index in [1.54, 1.807) is 0 Å². The number of anilines is 1. The summed E-state index contributed by atoms with van der Waals surface area (Å²) in [6.07, 6.45) is 9.01. The summed E-state index contributed by atoms with van der Waals surface area (Å²) in [5.74, 6) is 6.58. The number of thiophene rings is 2.